The average Bonchev–Trinajstić information content (AvgIpc) is 2.98. The molecule has 6 rings (SSSR count). The van der Waals surface area contributed by atoms with Crippen molar-refractivity contribution in [3.63, 3.8) is 0 Å². The highest BCUT2D eigenvalue weighted by Crippen LogP contribution is 2.37. The minimum atomic E-state index is -0.691. The molecular formula is C30H21F2N5O4. The number of methoxy groups -OCH3 is 2. The van der Waals surface area contributed by atoms with E-state index in [9.17, 15) is 9.18 Å². The number of nitrogens with zero attached hydrogens (tertiary/aromatic N) is 3. The van der Waals surface area contributed by atoms with Crippen LogP contribution in [-0.4, -0.2) is 34.2 Å². The van der Waals surface area contributed by atoms with Gasteiger partial charge in [-0.3, -0.25) is 4.79 Å². The summed E-state index contributed by atoms with van der Waals surface area (Å²) < 4.78 is 46.2. The number of benzene rings is 3. The summed E-state index contributed by atoms with van der Waals surface area (Å²) in [6.45, 7) is 0. The third-order valence-electron chi connectivity index (χ3n) is 6.46. The van der Waals surface area contributed by atoms with Crippen LogP contribution >= 0.6 is 0 Å². The minimum absolute atomic E-state index is 0.0871. The second kappa shape index (κ2) is 10.5. The van der Waals surface area contributed by atoms with Crippen molar-refractivity contribution in [2.45, 2.75) is 0 Å². The Morgan fingerprint density at radius 1 is 0.829 bits per heavy atom. The fraction of sp³-hybridized carbons (Fsp3) is 0.0667. The first-order chi connectivity index (χ1) is 20.0. The molecule has 2 N–H and O–H groups in total. The van der Waals surface area contributed by atoms with Gasteiger partial charge >= 0.3 is 0 Å². The number of halogens is 2. The Hall–Kier alpha value is -5.58. The number of aromatic amines is 1. The molecule has 3 aromatic carbocycles. The highest BCUT2D eigenvalue weighted by Gasteiger charge is 2.17. The third kappa shape index (κ3) is 4.73. The molecule has 0 amide bonds. The van der Waals surface area contributed by atoms with Crippen LogP contribution < -0.4 is 25.0 Å². The summed E-state index contributed by atoms with van der Waals surface area (Å²) in [4.78, 5) is 29.1. The van der Waals surface area contributed by atoms with Gasteiger partial charge in [0.1, 0.15) is 18.0 Å². The fourth-order valence-electron chi connectivity index (χ4n) is 4.48. The van der Waals surface area contributed by atoms with Crippen LogP contribution in [0.5, 0.6) is 23.1 Å². The summed E-state index contributed by atoms with van der Waals surface area (Å²) in [5.74, 6) is -0.0818. The number of fused-ring (bicyclic) bond motifs is 2. The van der Waals surface area contributed by atoms with Crippen LogP contribution in [0.2, 0.25) is 0 Å². The van der Waals surface area contributed by atoms with Crippen molar-refractivity contribution < 1.29 is 23.0 Å². The Morgan fingerprint density at radius 2 is 1.63 bits per heavy atom. The van der Waals surface area contributed by atoms with Gasteiger partial charge in [0.25, 0.3) is 0 Å². The van der Waals surface area contributed by atoms with Crippen molar-refractivity contribution in [3.8, 4) is 34.3 Å². The summed E-state index contributed by atoms with van der Waals surface area (Å²) in [5, 5.41) is 3.69. The zero-order valence-electron chi connectivity index (χ0n) is 21.7. The molecule has 0 spiro atoms. The van der Waals surface area contributed by atoms with Gasteiger partial charge < -0.3 is 24.5 Å². The maximum Gasteiger partial charge on any atom is 0.230 e. The molecule has 0 aliphatic heterocycles. The zero-order valence-corrected chi connectivity index (χ0v) is 21.7. The summed E-state index contributed by atoms with van der Waals surface area (Å²) >= 11 is 0. The number of hydrogen-bond acceptors (Lipinski definition) is 8. The minimum Gasteiger partial charge on any atom is -0.493 e. The Balaban J connectivity index is 1.33. The fourth-order valence-corrected chi connectivity index (χ4v) is 4.48. The Morgan fingerprint density at radius 3 is 2.41 bits per heavy atom. The number of hydrogen-bond donors (Lipinski definition) is 2. The monoisotopic (exact) mass is 553 g/mol. The molecular weight excluding hydrogens is 532 g/mol. The van der Waals surface area contributed by atoms with Crippen LogP contribution in [-0.2, 0) is 0 Å². The van der Waals surface area contributed by atoms with Gasteiger partial charge in [-0.15, -0.1) is 0 Å². The Bertz CT molecular complexity index is 2000. The van der Waals surface area contributed by atoms with E-state index >= 15 is 4.39 Å². The predicted octanol–water partition coefficient (Wildman–Crippen LogP) is 6.36. The summed E-state index contributed by atoms with van der Waals surface area (Å²) in [6, 6.07) is 15.1. The number of pyridine rings is 2. The first kappa shape index (κ1) is 25.7. The molecule has 0 saturated heterocycles. The quantitative estimate of drug-likeness (QED) is 0.235. The van der Waals surface area contributed by atoms with Crippen LogP contribution in [0.1, 0.15) is 0 Å². The number of rotatable bonds is 7. The van der Waals surface area contributed by atoms with E-state index in [-0.39, 0.29) is 34.0 Å². The van der Waals surface area contributed by atoms with Crippen molar-refractivity contribution in [2.24, 2.45) is 0 Å². The normalized spacial score (nSPS) is 11.0. The van der Waals surface area contributed by atoms with Gasteiger partial charge in [0.05, 0.1) is 36.0 Å². The molecule has 0 aliphatic carbocycles. The molecule has 0 radical (unpaired) electrons. The summed E-state index contributed by atoms with van der Waals surface area (Å²) in [5.41, 5.74) is 1.19. The lowest BCUT2D eigenvalue weighted by Gasteiger charge is -2.13. The molecule has 9 nitrogen and oxygen atoms in total. The number of ether oxygens (including phenoxy) is 3. The van der Waals surface area contributed by atoms with Gasteiger partial charge in [-0.05, 0) is 30.3 Å². The molecule has 41 heavy (non-hydrogen) atoms. The van der Waals surface area contributed by atoms with Gasteiger partial charge in [0.2, 0.25) is 11.3 Å². The molecule has 3 aromatic heterocycles. The topological polar surface area (TPSA) is 111 Å². The van der Waals surface area contributed by atoms with E-state index in [1.807, 2.05) is 0 Å². The second-order valence-corrected chi connectivity index (χ2v) is 8.87. The van der Waals surface area contributed by atoms with Crippen molar-refractivity contribution >= 4 is 33.3 Å². The smallest absolute Gasteiger partial charge is 0.230 e. The molecule has 11 heteroatoms. The third-order valence-corrected chi connectivity index (χ3v) is 6.46. The molecule has 0 atom stereocenters. The van der Waals surface area contributed by atoms with Gasteiger partial charge in [0.15, 0.2) is 23.1 Å². The molecule has 0 aliphatic rings. The van der Waals surface area contributed by atoms with Crippen molar-refractivity contribution in [1.29, 1.82) is 0 Å². The Kier molecular flexibility index (Phi) is 6.60. The van der Waals surface area contributed by atoms with E-state index in [4.69, 9.17) is 14.2 Å². The zero-order chi connectivity index (χ0) is 28.5. The van der Waals surface area contributed by atoms with Crippen molar-refractivity contribution in [1.82, 2.24) is 19.9 Å². The number of nitrogens with one attached hydrogen (secondary N) is 2. The number of aromatic nitrogens is 4. The summed E-state index contributed by atoms with van der Waals surface area (Å²) in [7, 11) is 3.01. The number of H-pyrrole nitrogens is 1. The molecule has 3 heterocycles. The van der Waals surface area contributed by atoms with Crippen LogP contribution in [0.3, 0.4) is 0 Å². The average molecular weight is 554 g/mol. The van der Waals surface area contributed by atoms with Crippen molar-refractivity contribution in [2.75, 3.05) is 19.5 Å². The Labute approximate surface area is 231 Å². The molecule has 0 bridgehead atoms. The van der Waals surface area contributed by atoms with E-state index in [1.54, 1.807) is 36.4 Å². The van der Waals surface area contributed by atoms with E-state index < -0.39 is 17.1 Å². The maximum absolute atomic E-state index is 15.2. The van der Waals surface area contributed by atoms with Gasteiger partial charge in [-0.2, -0.15) is 0 Å². The van der Waals surface area contributed by atoms with Gasteiger partial charge in [-0.1, -0.05) is 18.2 Å². The lowest BCUT2D eigenvalue weighted by Crippen LogP contribution is -2.10. The van der Waals surface area contributed by atoms with Crippen LogP contribution in [0.4, 0.5) is 20.3 Å². The highest BCUT2D eigenvalue weighted by atomic mass is 19.1. The van der Waals surface area contributed by atoms with Crippen LogP contribution in [0.25, 0.3) is 32.9 Å². The highest BCUT2D eigenvalue weighted by molar-refractivity contribution is 5.93. The maximum atomic E-state index is 15.2. The van der Waals surface area contributed by atoms with Gasteiger partial charge in [0, 0.05) is 41.3 Å². The van der Waals surface area contributed by atoms with E-state index in [0.29, 0.717) is 33.6 Å². The molecule has 0 unspecified atom stereocenters. The SMILES string of the molecule is COc1cc2ncnc(Oc3ccc(Nc4nccc5[nH]cc(-c6ccccc6F)c(=O)c45)cc3F)c2cc1OC. The van der Waals surface area contributed by atoms with E-state index in [2.05, 4.69) is 25.3 Å². The lowest BCUT2D eigenvalue weighted by molar-refractivity contribution is 0.355. The van der Waals surface area contributed by atoms with E-state index in [0.717, 1.165) is 0 Å². The van der Waals surface area contributed by atoms with Crippen molar-refractivity contribution in [3.05, 3.63) is 101 Å². The molecule has 0 saturated carbocycles. The first-order valence-corrected chi connectivity index (χ1v) is 12.3. The van der Waals surface area contributed by atoms with Gasteiger partial charge in [-0.25, -0.2) is 23.7 Å². The molecule has 204 valence electrons. The largest absolute Gasteiger partial charge is 0.493 e. The van der Waals surface area contributed by atoms with E-state index in [1.165, 1.54) is 57.2 Å². The predicted molar refractivity (Wildman–Crippen MR) is 150 cm³/mol. The number of anilines is 2. The standard InChI is InChI=1S/C30H21F2N5O4/c1-39-25-12-18-23(13-26(25)40-2)35-15-36-30(18)41-24-8-7-16(11-21(24)32)37-29-27-22(9-10-33-29)34-14-19(28(27)38)17-5-3-4-6-20(17)31/h3-15H,1-2H3,(H,33,37)(H,34,38). The summed E-state index contributed by atoms with van der Waals surface area (Å²) in [6.07, 6.45) is 4.26. The van der Waals surface area contributed by atoms with Crippen LogP contribution in [0, 0.1) is 11.6 Å². The molecule has 6 aromatic rings. The second-order valence-electron chi connectivity index (χ2n) is 8.87. The van der Waals surface area contributed by atoms with Crippen LogP contribution in [0.15, 0.2) is 84.2 Å². The lowest BCUT2D eigenvalue weighted by atomic mass is 10.0. The molecule has 0 fully saturated rings. The first-order valence-electron chi connectivity index (χ1n) is 12.3.